The van der Waals surface area contributed by atoms with Gasteiger partial charge in [0.1, 0.15) is 17.7 Å². The van der Waals surface area contributed by atoms with E-state index in [0.29, 0.717) is 0 Å². The number of nitrogens with zero attached hydrogens (tertiary/aromatic N) is 2. The highest BCUT2D eigenvalue weighted by Crippen LogP contribution is 2.57. The second-order valence-electron chi connectivity index (χ2n) is 4.88. The van der Waals surface area contributed by atoms with Crippen LogP contribution >= 0.6 is 23.5 Å². The molecule has 0 saturated carbocycles. The van der Waals surface area contributed by atoms with E-state index in [1.165, 1.54) is 20.9 Å². The van der Waals surface area contributed by atoms with Gasteiger partial charge in [-0.3, -0.25) is 0 Å². The fourth-order valence-electron chi connectivity index (χ4n) is 2.19. The van der Waals surface area contributed by atoms with Crippen LogP contribution in [-0.2, 0) is 0 Å². The number of rotatable bonds is 3. The van der Waals surface area contributed by atoms with E-state index in [-0.39, 0.29) is 5.57 Å². The predicted octanol–water partition coefficient (Wildman–Crippen LogP) is 5.81. The van der Waals surface area contributed by atoms with Gasteiger partial charge in [0.15, 0.2) is 0 Å². The molecule has 4 heteroatoms. The van der Waals surface area contributed by atoms with E-state index in [2.05, 4.69) is 24.3 Å². The Morgan fingerprint density at radius 1 is 0.750 bits per heavy atom. The van der Waals surface area contributed by atoms with E-state index in [0.717, 1.165) is 4.24 Å². The molecule has 0 saturated heterocycles. The van der Waals surface area contributed by atoms with Crippen LogP contribution in [-0.4, -0.2) is 0 Å². The fourth-order valence-corrected chi connectivity index (χ4v) is 4.71. The Morgan fingerprint density at radius 2 is 1.21 bits per heavy atom. The van der Waals surface area contributed by atoms with Crippen molar-refractivity contribution in [1.82, 2.24) is 0 Å². The molecule has 0 spiro atoms. The molecule has 0 unspecified atom stereocenters. The van der Waals surface area contributed by atoms with Crippen molar-refractivity contribution in [2.75, 3.05) is 0 Å². The van der Waals surface area contributed by atoms with Crippen LogP contribution in [0.1, 0.15) is 11.1 Å². The minimum absolute atomic E-state index is 0.109. The second-order valence-corrected chi connectivity index (χ2v) is 7.25. The van der Waals surface area contributed by atoms with Crippen LogP contribution in [0.15, 0.2) is 82.6 Å². The summed E-state index contributed by atoms with van der Waals surface area (Å²) in [6, 6.07) is 24.3. The lowest BCUT2D eigenvalue weighted by molar-refractivity contribution is 1.46. The van der Waals surface area contributed by atoms with Crippen molar-refractivity contribution in [2.24, 2.45) is 0 Å². The average Bonchev–Trinajstić information content (AvgIpc) is 3.08. The SMILES string of the molecule is N#CC(C#N)=CC=C1SC(c2ccccc2)=C(c2ccccc2)S1. The standard InChI is InChI=1S/C20H12N2S2/c21-13-15(14-22)11-12-18-23-19(16-7-3-1-4-8-16)20(24-18)17-9-5-2-6-10-17/h1-12H. The Bertz CT molecular complexity index is 842. The number of benzene rings is 2. The van der Waals surface area contributed by atoms with E-state index in [1.807, 2.05) is 54.6 Å². The zero-order valence-electron chi connectivity index (χ0n) is 12.6. The van der Waals surface area contributed by atoms with Crippen molar-refractivity contribution in [3.8, 4) is 12.1 Å². The first-order chi connectivity index (χ1) is 11.8. The molecule has 0 amide bonds. The molecule has 0 atom stereocenters. The molecular weight excluding hydrogens is 332 g/mol. The Balaban J connectivity index is 2.01. The first-order valence-electron chi connectivity index (χ1n) is 7.25. The van der Waals surface area contributed by atoms with Crippen LogP contribution in [0.4, 0.5) is 0 Å². The number of hydrogen-bond donors (Lipinski definition) is 0. The zero-order chi connectivity index (χ0) is 16.8. The topological polar surface area (TPSA) is 47.6 Å². The van der Waals surface area contributed by atoms with Gasteiger partial charge in [-0.1, -0.05) is 84.2 Å². The third kappa shape index (κ3) is 3.63. The van der Waals surface area contributed by atoms with Crippen LogP contribution in [0.5, 0.6) is 0 Å². The molecule has 1 aliphatic heterocycles. The first-order valence-corrected chi connectivity index (χ1v) is 8.88. The van der Waals surface area contributed by atoms with E-state index in [9.17, 15) is 0 Å². The molecule has 0 aromatic heterocycles. The highest BCUT2D eigenvalue weighted by Gasteiger charge is 2.23. The van der Waals surface area contributed by atoms with E-state index in [4.69, 9.17) is 10.5 Å². The minimum atomic E-state index is 0.109. The summed E-state index contributed by atoms with van der Waals surface area (Å²) >= 11 is 3.34. The summed E-state index contributed by atoms with van der Waals surface area (Å²) in [6.45, 7) is 0. The summed E-state index contributed by atoms with van der Waals surface area (Å²) in [5.74, 6) is 0. The molecule has 0 N–H and O–H groups in total. The average molecular weight is 344 g/mol. The van der Waals surface area contributed by atoms with Crippen LogP contribution in [0.2, 0.25) is 0 Å². The van der Waals surface area contributed by atoms with E-state index < -0.39 is 0 Å². The van der Waals surface area contributed by atoms with Gasteiger partial charge in [0, 0.05) is 9.81 Å². The Labute approximate surface area is 149 Å². The highest BCUT2D eigenvalue weighted by atomic mass is 32.2. The van der Waals surface area contributed by atoms with Crippen molar-refractivity contribution in [3.63, 3.8) is 0 Å². The summed E-state index contributed by atoms with van der Waals surface area (Å²) in [5, 5.41) is 17.7. The van der Waals surface area contributed by atoms with Crippen LogP contribution < -0.4 is 0 Å². The summed E-state index contributed by atoms with van der Waals surface area (Å²) in [7, 11) is 0. The highest BCUT2D eigenvalue weighted by molar-refractivity contribution is 8.34. The summed E-state index contributed by atoms with van der Waals surface area (Å²) < 4.78 is 1.05. The van der Waals surface area contributed by atoms with Crippen molar-refractivity contribution < 1.29 is 0 Å². The maximum atomic E-state index is 8.87. The normalized spacial score (nSPS) is 13.2. The van der Waals surface area contributed by atoms with Crippen molar-refractivity contribution in [3.05, 3.63) is 93.8 Å². The number of hydrogen-bond acceptors (Lipinski definition) is 4. The largest absolute Gasteiger partial charge is 0.192 e. The summed E-state index contributed by atoms with van der Waals surface area (Å²) in [5.41, 5.74) is 2.45. The molecule has 0 bridgehead atoms. The molecule has 114 valence electrons. The maximum Gasteiger partial charge on any atom is 0.129 e. The molecule has 2 nitrogen and oxygen atoms in total. The Kier molecular flexibility index (Phi) is 5.23. The molecule has 0 aliphatic carbocycles. The van der Waals surface area contributed by atoms with E-state index >= 15 is 0 Å². The monoisotopic (exact) mass is 344 g/mol. The molecule has 2 aromatic rings. The molecule has 0 radical (unpaired) electrons. The van der Waals surface area contributed by atoms with Crippen molar-refractivity contribution >= 4 is 33.3 Å². The predicted molar refractivity (Wildman–Crippen MR) is 102 cm³/mol. The quantitative estimate of drug-likeness (QED) is 0.659. The summed E-state index contributed by atoms with van der Waals surface area (Å²) in [6.07, 6.45) is 3.42. The van der Waals surface area contributed by atoms with Gasteiger partial charge in [-0.25, -0.2) is 0 Å². The van der Waals surface area contributed by atoms with Crippen LogP contribution in [0.25, 0.3) is 9.81 Å². The van der Waals surface area contributed by atoms with Gasteiger partial charge in [-0.05, 0) is 23.3 Å². The Hall–Kier alpha value is -2.66. The number of allylic oxidation sites excluding steroid dienone is 3. The molecular formula is C20H12N2S2. The fraction of sp³-hybridized carbons (Fsp3) is 0. The third-order valence-electron chi connectivity index (χ3n) is 3.31. The smallest absolute Gasteiger partial charge is 0.129 e. The third-order valence-corrected chi connectivity index (χ3v) is 5.90. The van der Waals surface area contributed by atoms with Crippen molar-refractivity contribution in [1.29, 1.82) is 10.5 Å². The second kappa shape index (κ2) is 7.75. The van der Waals surface area contributed by atoms with Gasteiger partial charge in [0.2, 0.25) is 0 Å². The minimum Gasteiger partial charge on any atom is -0.192 e. The van der Waals surface area contributed by atoms with Gasteiger partial charge >= 0.3 is 0 Å². The molecule has 2 aromatic carbocycles. The molecule has 24 heavy (non-hydrogen) atoms. The van der Waals surface area contributed by atoms with Gasteiger partial charge in [-0.15, -0.1) is 0 Å². The van der Waals surface area contributed by atoms with Crippen molar-refractivity contribution in [2.45, 2.75) is 0 Å². The molecule has 1 heterocycles. The lowest BCUT2D eigenvalue weighted by Crippen LogP contribution is -1.81. The maximum absolute atomic E-state index is 8.87. The van der Waals surface area contributed by atoms with E-state index in [1.54, 1.807) is 29.6 Å². The van der Waals surface area contributed by atoms with Gasteiger partial charge in [0.05, 0.1) is 4.24 Å². The number of thioether (sulfide) groups is 2. The molecule has 1 aliphatic rings. The van der Waals surface area contributed by atoms with Gasteiger partial charge in [-0.2, -0.15) is 10.5 Å². The molecule has 3 rings (SSSR count). The van der Waals surface area contributed by atoms with Gasteiger partial charge < -0.3 is 0 Å². The first kappa shape index (κ1) is 16.2. The lowest BCUT2D eigenvalue weighted by atomic mass is 10.1. The number of nitriles is 2. The zero-order valence-corrected chi connectivity index (χ0v) is 14.3. The Morgan fingerprint density at radius 3 is 1.62 bits per heavy atom. The summed E-state index contributed by atoms with van der Waals surface area (Å²) in [4.78, 5) is 2.39. The van der Waals surface area contributed by atoms with Crippen LogP contribution in [0, 0.1) is 22.7 Å². The molecule has 0 fully saturated rings. The lowest BCUT2D eigenvalue weighted by Gasteiger charge is -2.05. The van der Waals surface area contributed by atoms with Gasteiger partial charge in [0.25, 0.3) is 0 Å². The van der Waals surface area contributed by atoms with Crippen LogP contribution in [0.3, 0.4) is 0 Å².